The van der Waals surface area contributed by atoms with E-state index in [0.29, 0.717) is 11.5 Å². The molecular formula is C15H22IN. The molecule has 2 heteroatoms. The molecule has 2 rings (SSSR count). The predicted octanol–water partition coefficient (Wildman–Crippen LogP) is 4.35. The third-order valence-corrected chi connectivity index (χ3v) is 4.43. The Bertz CT molecular complexity index is 356. The van der Waals surface area contributed by atoms with Crippen molar-refractivity contribution in [3.63, 3.8) is 0 Å². The lowest BCUT2D eigenvalue weighted by Gasteiger charge is -2.35. The van der Waals surface area contributed by atoms with Crippen LogP contribution in [0.3, 0.4) is 0 Å². The lowest BCUT2D eigenvalue weighted by atomic mass is 9.75. The Kier molecular flexibility index (Phi) is 4.47. The molecule has 1 atom stereocenters. The van der Waals surface area contributed by atoms with Crippen molar-refractivity contribution in [2.45, 2.75) is 52.1 Å². The Hall–Kier alpha value is -0.0900. The molecule has 1 nitrogen and oxygen atoms in total. The number of nitrogens with one attached hydrogen (secondary N) is 1. The van der Waals surface area contributed by atoms with E-state index in [9.17, 15) is 0 Å². The molecule has 1 aromatic carbocycles. The lowest BCUT2D eigenvalue weighted by molar-refractivity contribution is 0.198. The maximum Gasteiger partial charge on any atom is 0.0208 e. The highest BCUT2D eigenvalue weighted by Crippen LogP contribution is 2.35. The van der Waals surface area contributed by atoms with Gasteiger partial charge in [0.1, 0.15) is 0 Å². The maximum atomic E-state index is 3.71. The van der Waals surface area contributed by atoms with Crippen molar-refractivity contribution in [1.29, 1.82) is 0 Å². The van der Waals surface area contributed by atoms with Crippen molar-refractivity contribution in [2.75, 3.05) is 0 Å². The largest absolute Gasteiger partial charge is 0.310 e. The predicted molar refractivity (Wildman–Crippen MR) is 82.0 cm³/mol. The molecule has 0 aliphatic heterocycles. The monoisotopic (exact) mass is 343 g/mol. The average molecular weight is 343 g/mol. The van der Waals surface area contributed by atoms with E-state index in [4.69, 9.17) is 0 Å². The number of rotatable bonds is 3. The molecule has 1 aromatic rings. The molecular weight excluding hydrogens is 321 g/mol. The van der Waals surface area contributed by atoms with Gasteiger partial charge in [-0.05, 0) is 65.0 Å². The van der Waals surface area contributed by atoms with Crippen molar-refractivity contribution in [3.05, 3.63) is 33.4 Å². The van der Waals surface area contributed by atoms with Crippen LogP contribution in [0.15, 0.2) is 24.3 Å². The molecule has 1 N–H and O–H groups in total. The molecule has 1 fully saturated rings. The topological polar surface area (TPSA) is 12.0 Å². The summed E-state index contributed by atoms with van der Waals surface area (Å²) in [6, 6.07) is 9.52. The molecule has 0 amide bonds. The third kappa shape index (κ3) is 4.25. The van der Waals surface area contributed by atoms with Crippen LogP contribution in [0.5, 0.6) is 0 Å². The summed E-state index contributed by atoms with van der Waals surface area (Å²) in [5, 5.41) is 3.71. The highest BCUT2D eigenvalue weighted by Gasteiger charge is 2.27. The fraction of sp³-hybridized carbons (Fsp3) is 0.600. The van der Waals surface area contributed by atoms with E-state index in [1.807, 2.05) is 0 Å². The lowest BCUT2D eigenvalue weighted by Crippen LogP contribution is -2.36. The second-order valence-electron chi connectivity index (χ2n) is 5.96. The first-order valence-corrected chi connectivity index (χ1v) is 7.61. The van der Waals surface area contributed by atoms with Crippen molar-refractivity contribution in [3.8, 4) is 0 Å². The summed E-state index contributed by atoms with van der Waals surface area (Å²) < 4.78 is 1.31. The average Bonchev–Trinajstić information content (AvgIpc) is 2.27. The van der Waals surface area contributed by atoms with E-state index in [1.165, 1.54) is 34.8 Å². The molecule has 0 radical (unpaired) electrons. The van der Waals surface area contributed by atoms with E-state index >= 15 is 0 Å². The normalized spacial score (nSPS) is 23.6. The van der Waals surface area contributed by atoms with Gasteiger partial charge in [-0.2, -0.15) is 0 Å². The van der Waals surface area contributed by atoms with E-state index in [2.05, 4.69) is 66.0 Å². The van der Waals surface area contributed by atoms with Gasteiger partial charge in [-0.3, -0.25) is 0 Å². The second-order valence-corrected chi connectivity index (χ2v) is 7.21. The minimum Gasteiger partial charge on any atom is -0.310 e. The minimum atomic E-state index is 0.530. The Morgan fingerprint density at radius 1 is 1.29 bits per heavy atom. The zero-order valence-corrected chi connectivity index (χ0v) is 13.0. The Morgan fingerprint density at radius 2 is 2.00 bits per heavy atom. The van der Waals surface area contributed by atoms with Crippen LogP contribution in [0.2, 0.25) is 0 Å². The first kappa shape index (κ1) is 13.3. The van der Waals surface area contributed by atoms with Gasteiger partial charge in [0.05, 0.1) is 0 Å². The summed E-state index contributed by atoms with van der Waals surface area (Å²) in [6.45, 7) is 5.80. The summed E-state index contributed by atoms with van der Waals surface area (Å²) in [5.41, 5.74) is 1.93. The summed E-state index contributed by atoms with van der Waals surface area (Å²) in [7, 11) is 0. The zero-order valence-electron chi connectivity index (χ0n) is 10.8. The molecule has 1 saturated carbocycles. The molecule has 0 spiro atoms. The number of benzene rings is 1. The van der Waals surface area contributed by atoms with Crippen LogP contribution in [-0.2, 0) is 6.54 Å². The van der Waals surface area contributed by atoms with Crippen LogP contribution >= 0.6 is 22.6 Å². The van der Waals surface area contributed by atoms with E-state index in [1.54, 1.807) is 0 Å². The summed E-state index contributed by atoms with van der Waals surface area (Å²) in [6.07, 6.45) is 5.41. The summed E-state index contributed by atoms with van der Waals surface area (Å²) in [4.78, 5) is 0. The highest BCUT2D eigenvalue weighted by molar-refractivity contribution is 14.1. The van der Waals surface area contributed by atoms with Gasteiger partial charge in [0.25, 0.3) is 0 Å². The van der Waals surface area contributed by atoms with E-state index in [-0.39, 0.29) is 0 Å². The first-order valence-electron chi connectivity index (χ1n) is 6.53. The van der Waals surface area contributed by atoms with Crippen LogP contribution in [0, 0.1) is 8.99 Å². The number of halogens is 1. The van der Waals surface area contributed by atoms with Gasteiger partial charge in [-0.25, -0.2) is 0 Å². The fourth-order valence-corrected chi connectivity index (χ4v) is 3.10. The van der Waals surface area contributed by atoms with Crippen LogP contribution in [-0.4, -0.2) is 6.04 Å². The second kappa shape index (κ2) is 5.70. The van der Waals surface area contributed by atoms with Crippen LogP contribution < -0.4 is 5.32 Å². The summed E-state index contributed by atoms with van der Waals surface area (Å²) >= 11 is 2.35. The zero-order chi connectivity index (χ0) is 12.3. The fourth-order valence-electron chi connectivity index (χ4n) is 2.74. The number of hydrogen-bond acceptors (Lipinski definition) is 1. The molecule has 17 heavy (non-hydrogen) atoms. The van der Waals surface area contributed by atoms with Crippen LogP contribution in [0.1, 0.15) is 45.1 Å². The smallest absolute Gasteiger partial charge is 0.0208 e. The first-order chi connectivity index (χ1) is 8.05. The van der Waals surface area contributed by atoms with E-state index < -0.39 is 0 Å². The van der Waals surface area contributed by atoms with Crippen LogP contribution in [0.4, 0.5) is 0 Å². The Balaban J connectivity index is 1.84. The molecule has 1 unspecified atom stereocenters. The molecule has 0 bridgehead atoms. The SMILES string of the molecule is CC1(C)CCCC(NCc2ccc(I)cc2)C1. The van der Waals surface area contributed by atoms with Gasteiger partial charge in [-0.1, -0.05) is 32.4 Å². The van der Waals surface area contributed by atoms with Gasteiger partial charge in [0.15, 0.2) is 0 Å². The third-order valence-electron chi connectivity index (χ3n) is 3.71. The minimum absolute atomic E-state index is 0.530. The van der Waals surface area contributed by atoms with Gasteiger partial charge >= 0.3 is 0 Å². The number of hydrogen-bond donors (Lipinski definition) is 1. The standard InChI is InChI=1S/C15H22IN/c1-15(2)9-3-4-14(10-15)17-11-12-5-7-13(16)8-6-12/h5-8,14,17H,3-4,9-11H2,1-2H3. The van der Waals surface area contributed by atoms with Crippen LogP contribution in [0.25, 0.3) is 0 Å². The molecule has 1 aliphatic carbocycles. The van der Waals surface area contributed by atoms with Crippen molar-refractivity contribution < 1.29 is 0 Å². The molecule has 94 valence electrons. The molecule has 0 aromatic heterocycles. The molecule has 1 aliphatic rings. The van der Waals surface area contributed by atoms with E-state index in [0.717, 1.165) is 6.54 Å². The van der Waals surface area contributed by atoms with Crippen molar-refractivity contribution in [2.24, 2.45) is 5.41 Å². The molecule has 0 saturated heterocycles. The van der Waals surface area contributed by atoms with Gasteiger partial charge in [-0.15, -0.1) is 0 Å². The van der Waals surface area contributed by atoms with Gasteiger partial charge in [0.2, 0.25) is 0 Å². The Morgan fingerprint density at radius 3 is 2.65 bits per heavy atom. The summed E-state index contributed by atoms with van der Waals surface area (Å²) in [5.74, 6) is 0. The van der Waals surface area contributed by atoms with Crippen molar-refractivity contribution >= 4 is 22.6 Å². The highest BCUT2D eigenvalue weighted by atomic mass is 127. The van der Waals surface area contributed by atoms with Crippen molar-refractivity contribution in [1.82, 2.24) is 5.32 Å². The maximum absolute atomic E-state index is 3.71. The molecule has 0 heterocycles. The van der Waals surface area contributed by atoms with Gasteiger partial charge in [0, 0.05) is 16.2 Å². The quantitative estimate of drug-likeness (QED) is 0.805. The van der Waals surface area contributed by atoms with Gasteiger partial charge < -0.3 is 5.32 Å². The Labute approximate surface area is 119 Å².